The number of rotatable bonds is 2. The lowest BCUT2D eigenvalue weighted by atomic mass is 10.1. The zero-order valence-corrected chi connectivity index (χ0v) is 8.51. The van der Waals surface area contributed by atoms with E-state index in [9.17, 15) is 13.6 Å². The van der Waals surface area contributed by atoms with Crippen LogP contribution in [0.15, 0.2) is 10.9 Å². The number of aromatic nitrogens is 1. The van der Waals surface area contributed by atoms with Gasteiger partial charge < -0.3 is 10.1 Å². The molecule has 0 saturated heterocycles. The van der Waals surface area contributed by atoms with Crippen molar-refractivity contribution in [3.63, 3.8) is 0 Å². The Hall–Kier alpha value is -0.500. The fraction of sp³-hybridized carbons (Fsp3) is 0.286. The number of hydrogen-bond donors (Lipinski definition) is 2. The molecule has 0 fully saturated rings. The van der Waals surface area contributed by atoms with Gasteiger partial charge in [0.25, 0.3) is 12.0 Å². The lowest BCUT2D eigenvalue weighted by Crippen LogP contribution is -2.17. The molecule has 3 nitrogen and oxygen atoms in total. The summed E-state index contributed by atoms with van der Waals surface area (Å²) >= 11 is 1.78. The number of H-pyrrole nitrogens is 1. The van der Waals surface area contributed by atoms with Crippen molar-refractivity contribution in [2.75, 3.05) is 0 Å². The summed E-state index contributed by atoms with van der Waals surface area (Å²) in [5, 5.41) is 8.73. The average Bonchev–Trinajstić information content (AvgIpc) is 2.01. The SMILES string of the molecule is O=c1[nH]c(I)cc(CO)c1C(F)F. The van der Waals surface area contributed by atoms with Crippen LogP contribution in [0.25, 0.3) is 0 Å². The zero-order chi connectivity index (χ0) is 10.0. The lowest BCUT2D eigenvalue weighted by Gasteiger charge is -2.05. The van der Waals surface area contributed by atoms with Gasteiger partial charge in [0.2, 0.25) is 0 Å². The number of aliphatic hydroxyl groups excluding tert-OH is 1. The Balaban J connectivity index is 3.39. The molecule has 1 aromatic heterocycles. The maximum absolute atomic E-state index is 12.3. The number of pyridine rings is 1. The minimum absolute atomic E-state index is 0.0249. The molecule has 2 N–H and O–H groups in total. The van der Waals surface area contributed by atoms with Gasteiger partial charge in [-0.05, 0) is 34.2 Å². The first kappa shape index (κ1) is 10.6. The Morgan fingerprint density at radius 2 is 2.23 bits per heavy atom. The molecule has 0 saturated carbocycles. The summed E-state index contributed by atoms with van der Waals surface area (Å²) in [7, 11) is 0. The molecule has 1 rings (SSSR count). The molecule has 0 aromatic carbocycles. The average molecular weight is 301 g/mol. The highest BCUT2D eigenvalue weighted by Gasteiger charge is 2.17. The largest absolute Gasteiger partial charge is 0.392 e. The summed E-state index contributed by atoms with van der Waals surface area (Å²) < 4.78 is 25.0. The molecule has 0 spiro atoms. The van der Waals surface area contributed by atoms with Gasteiger partial charge in [-0.2, -0.15) is 0 Å². The third kappa shape index (κ3) is 2.25. The minimum atomic E-state index is -2.86. The summed E-state index contributed by atoms with van der Waals surface area (Å²) in [5.74, 6) is 0. The fourth-order valence-corrected chi connectivity index (χ4v) is 1.58. The third-order valence-electron chi connectivity index (χ3n) is 1.51. The van der Waals surface area contributed by atoms with E-state index in [1.807, 2.05) is 0 Å². The molecule has 1 aromatic rings. The number of aliphatic hydroxyl groups is 1. The van der Waals surface area contributed by atoms with E-state index in [0.717, 1.165) is 0 Å². The normalized spacial score (nSPS) is 10.8. The Morgan fingerprint density at radius 1 is 1.62 bits per heavy atom. The van der Waals surface area contributed by atoms with Crippen molar-refractivity contribution in [1.82, 2.24) is 4.98 Å². The van der Waals surface area contributed by atoms with E-state index in [1.165, 1.54) is 6.07 Å². The Labute approximate surface area is 85.9 Å². The van der Waals surface area contributed by atoms with Crippen LogP contribution in [0, 0.1) is 3.70 Å². The number of aromatic amines is 1. The molecule has 13 heavy (non-hydrogen) atoms. The first-order valence-corrected chi connectivity index (χ1v) is 4.44. The molecule has 0 atom stereocenters. The van der Waals surface area contributed by atoms with E-state index in [4.69, 9.17) is 5.11 Å². The molecule has 0 radical (unpaired) electrons. The highest BCUT2D eigenvalue weighted by molar-refractivity contribution is 14.1. The summed E-state index contributed by atoms with van der Waals surface area (Å²) in [6.07, 6.45) is -2.86. The smallest absolute Gasteiger partial charge is 0.269 e. The van der Waals surface area contributed by atoms with Crippen LogP contribution in [0.5, 0.6) is 0 Å². The predicted octanol–water partition coefficient (Wildman–Crippen LogP) is 1.41. The maximum atomic E-state index is 12.3. The Bertz CT molecular complexity index is 364. The minimum Gasteiger partial charge on any atom is -0.392 e. The topological polar surface area (TPSA) is 53.1 Å². The van der Waals surface area contributed by atoms with Crippen LogP contribution in [-0.2, 0) is 6.61 Å². The Kier molecular flexibility index (Phi) is 3.37. The van der Waals surface area contributed by atoms with E-state index in [1.54, 1.807) is 22.6 Å². The van der Waals surface area contributed by atoms with Gasteiger partial charge in [0.05, 0.1) is 15.9 Å². The second kappa shape index (κ2) is 4.14. The third-order valence-corrected chi connectivity index (χ3v) is 2.09. The van der Waals surface area contributed by atoms with E-state index >= 15 is 0 Å². The second-order valence-electron chi connectivity index (χ2n) is 2.34. The molecule has 72 valence electrons. The van der Waals surface area contributed by atoms with Gasteiger partial charge in [0, 0.05) is 0 Å². The molecular weight excluding hydrogens is 295 g/mol. The van der Waals surface area contributed by atoms with Crippen LogP contribution in [-0.4, -0.2) is 10.1 Å². The first-order valence-electron chi connectivity index (χ1n) is 3.37. The van der Waals surface area contributed by atoms with Crippen LogP contribution in [0.3, 0.4) is 0 Å². The van der Waals surface area contributed by atoms with Crippen LogP contribution in [0.1, 0.15) is 17.6 Å². The predicted molar refractivity (Wildman–Crippen MR) is 50.7 cm³/mol. The van der Waals surface area contributed by atoms with Crippen molar-refractivity contribution >= 4 is 22.6 Å². The molecule has 0 aliphatic rings. The van der Waals surface area contributed by atoms with Gasteiger partial charge in [-0.1, -0.05) is 0 Å². The van der Waals surface area contributed by atoms with E-state index in [0.29, 0.717) is 3.70 Å². The van der Waals surface area contributed by atoms with Crippen LogP contribution in [0.4, 0.5) is 8.78 Å². The van der Waals surface area contributed by atoms with Crippen LogP contribution >= 0.6 is 22.6 Å². The molecule has 0 aliphatic heterocycles. The van der Waals surface area contributed by atoms with Gasteiger partial charge in [0.15, 0.2) is 0 Å². The molecule has 0 unspecified atom stereocenters. The molecule has 0 aliphatic carbocycles. The number of nitrogens with one attached hydrogen (secondary N) is 1. The molecular formula is C7H6F2INO2. The zero-order valence-electron chi connectivity index (χ0n) is 6.35. The van der Waals surface area contributed by atoms with Gasteiger partial charge in [-0.25, -0.2) is 8.78 Å². The van der Waals surface area contributed by atoms with Crippen molar-refractivity contribution in [1.29, 1.82) is 0 Å². The summed E-state index contributed by atoms with van der Waals surface area (Å²) in [6, 6.07) is 1.32. The van der Waals surface area contributed by atoms with E-state index < -0.39 is 24.2 Å². The Morgan fingerprint density at radius 3 is 2.69 bits per heavy atom. The highest BCUT2D eigenvalue weighted by Crippen LogP contribution is 2.19. The van der Waals surface area contributed by atoms with Crippen LogP contribution in [0.2, 0.25) is 0 Å². The van der Waals surface area contributed by atoms with Crippen LogP contribution < -0.4 is 5.56 Å². The number of alkyl halides is 2. The van der Waals surface area contributed by atoms with Crippen molar-refractivity contribution in [2.24, 2.45) is 0 Å². The lowest BCUT2D eigenvalue weighted by molar-refractivity contribution is 0.145. The summed E-state index contributed by atoms with van der Waals surface area (Å²) in [5.41, 5.74) is -1.52. The molecule has 0 amide bonds. The van der Waals surface area contributed by atoms with Gasteiger partial charge in [-0.15, -0.1) is 0 Å². The summed E-state index contributed by atoms with van der Waals surface area (Å²) in [4.78, 5) is 13.2. The highest BCUT2D eigenvalue weighted by atomic mass is 127. The molecule has 6 heteroatoms. The monoisotopic (exact) mass is 301 g/mol. The first-order chi connectivity index (χ1) is 6.06. The second-order valence-corrected chi connectivity index (χ2v) is 3.51. The number of hydrogen-bond acceptors (Lipinski definition) is 2. The van der Waals surface area contributed by atoms with Gasteiger partial charge in [-0.3, -0.25) is 4.79 Å². The van der Waals surface area contributed by atoms with Crippen molar-refractivity contribution in [2.45, 2.75) is 13.0 Å². The summed E-state index contributed by atoms with van der Waals surface area (Å²) in [6.45, 7) is -0.556. The number of halogens is 3. The van der Waals surface area contributed by atoms with Crippen molar-refractivity contribution in [3.05, 3.63) is 31.2 Å². The van der Waals surface area contributed by atoms with Gasteiger partial charge in [0.1, 0.15) is 0 Å². The maximum Gasteiger partial charge on any atom is 0.269 e. The fourth-order valence-electron chi connectivity index (χ4n) is 0.958. The van der Waals surface area contributed by atoms with Crippen molar-refractivity contribution in [3.8, 4) is 0 Å². The standard InChI is InChI=1S/C7H6F2INO2/c8-6(9)5-3(2-12)1-4(10)11-7(5)13/h1,6,12H,2H2,(H,11,13). The molecule has 1 heterocycles. The van der Waals surface area contributed by atoms with E-state index in [-0.39, 0.29) is 5.56 Å². The quantitative estimate of drug-likeness (QED) is 0.641. The van der Waals surface area contributed by atoms with Crippen molar-refractivity contribution < 1.29 is 13.9 Å². The molecule has 0 bridgehead atoms. The van der Waals surface area contributed by atoms with Gasteiger partial charge >= 0.3 is 0 Å². The van der Waals surface area contributed by atoms with E-state index in [2.05, 4.69) is 4.98 Å².